The number of hydrogen-bond acceptors (Lipinski definition) is 4. The summed E-state index contributed by atoms with van der Waals surface area (Å²) in [6.07, 6.45) is 3.98. The minimum Gasteiger partial charge on any atom is -0.483 e. The van der Waals surface area contributed by atoms with E-state index < -0.39 is 11.9 Å². The Bertz CT molecular complexity index is 875. The van der Waals surface area contributed by atoms with Gasteiger partial charge in [0.1, 0.15) is 11.9 Å². The summed E-state index contributed by atoms with van der Waals surface area (Å²) >= 11 is 0. The maximum Gasteiger partial charge on any atom is 0.290 e. The molecule has 3 heterocycles. The minimum absolute atomic E-state index is 0.0424. The summed E-state index contributed by atoms with van der Waals surface area (Å²) in [6.45, 7) is 3.15. The highest BCUT2D eigenvalue weighted by Gasteiger charge is 2.53. The topological polar surface area (TPSA) is 55.8 Å². The Kier molecular flexibility index (Phi) is 4.69. The minimum atomic E-state index is -0.742. The lowest BCUT2D eigenvalue weighted by molar-refractivity contribution is -0.136. The van der Waals surface area contributed by atoms with Gasteiger partial charge in [0.05, 0.1) is 23.6 Å². The molecule has 0 N–H and O–H groups in total. The van der Waals surface area contributed by atoms with Crippen LogP contribution in [0.1, 0.15) is 50.6 Å². The zero-order valence-electron chi connectivity index (χ0n) is 16.6. The molecule has 0 spiro atoms. The number of carbonyl (C=O) groups excluding carboxylic acids is 2. The molecule has 4 aliphatic rings. The summed E-state index contributed by atoms with van der Waals surface area (Å²) in [6, 6.07) is 5.66. The van der Waals surface area contributed by atoms with Crippen molar-refractivity contribution in [3.63, 3.8) is 0 Å². The highest BCUT2D eigenvalue weighted by molar-refractivity contribution is 6.11. The Morgan fingerprint density at radius 1 is 1.17 bits per heavy atom. The molecule has 1 saturated carbocycles. The van der Waals surface area contributed by atoms with E-state index in [1.807, 2.05) is 0 Å². The number of Topliss-reactive ketones (excluding diaryl/α,β-unsaturated/α-hetero) is 1. The van der Waals surface area contributed by atoms with Gasteiger partial charge in [-0.15, -0.1) is 0 Å². The van der Waals surface area contributed by atoms with Crippen molar-refractivity contribution in [1.29, 1.82) is 0 Å². The van der Waals surface area contributed by atoms with Gasteiger partial charge in [-0.05, 0) is 44.1 Å². The molecule has 5 nitrogen and oxygen atoms in total. The first-order valence-electron chi connectivity index (χ1n) is 10.7. The average molecular weight is 399 g/mol. The van der Waals surface area contributed by atoms with Crippen molar-refractivity contribution in [2.24, 2.45) is 11.8 Å². The third-order valence-corrected chi connectivity index (χ3v) is 6.83. The Morgan fingerprint density at radius 2 is 2.00 bits per heavy atom. The van der Waals surface area contributed by atoms with Crippen LogP contribution in [-0.4, -0.2) is 41.9 Å². The zero-order chi connectivity index (χ0) is 20.1. The van der Waals surface area contributed by atoms with Gasteiger partial charge in [-0.25, -0.2) is 4.39 Å². The maximum absolute atomic E-state index is 14.8. The summed E-state index contributed by atoms with van der Waals surface area (Å²) in [7, 11) is 0. The lowest BCUT2D eigenvalue weighted by Crippen LogP contribution is -2.41. The van der Waals surface area contributed by atoms with Crippen LogP contribution in [0.15, 0.2) is 35.6 Å². The van der Waals surface area contributed by atoms with E-state index in [4.69, 9.17) is 9.47 Å². The van der Waals surface area contributed by atoms with Gasteiger partial charge in [-0.1, -0.05) is 25.1 Å². The molecule has 3 aliphatic heterocycles. The molecule has 1 saturated heterocycles. The molecule has 29 heavy (non-hydrogen) atoms. The van der Waals surface area contributed by atoms with Crippen molar-refractivity contribution in [3.05, 3.63) is 47.0 Å². The molecule has 0 radical (unpaired) electrons. The van der Waals surface area contributed by atoms with Crippen molar-refractivity contribution in [1.82, 2.24) is 4.90 Å². The number of halogens is 1. The van der Waals surface area contributed by atoms with E-state index in [2.05, 4.69) is 6.92 Å². The average Bonchev–Trinajstić information content (AvgIpc) is 3.31. The molecule has 0 aromatic heterocycles. The van der Waals surface area contributed by atoms with Gasteiger partial charge in [0.25, 0.3) is 5.91 Å². The molecule has 0 bridgehead atoms. The number of rotatable bonds is 3. The largest absolute Gasteiger partial charge is 0.483 e. The van der Waals surface area contributed by atoms with Gasteiger partial charge in [0.15, 0.2) is 11.5 Å². The number of carbonyl (C=O) groups is 2. The summed E-state index contributed by atoms with van der Waals surface area (Å²) in [5.41, 5.74) is 0.691. The SMILES string of the molecule is CC1CCC2OC3=C(C(=O)C2C1)C(c1ccccc1F)N(CC1CCCO1)C3=O. The number of ketones is 1. The first-order valence-corrected chi connectivity index (χ1v) is 10.7. The molecular formula is C23H26FNO4. The molecule has 5 rings (SSSR count). The van der Waals surface area contributed by atoms with Gasteiger partial charge in [0.2, 0.25) is 0 Å². The van der Waals surface area contributed by atoms with E-state index in [-0.39, 0.29) is 35.6 Å². The van der Waals surface area contributed by atoms with E-state index in [0.29, 0.717) is 30.2 Å². The van der Waals surface area contributed by atoms with Gasteiger partial charge >= 0.3 is 0 Å². The lowest BCUT2D eigenvalue weighted by atomic mass is 9.74. The van der Waals surface area contributed by atoms with Crippen LogP contribution in [0.4, 0.5) is 4.39 Å². The Labute approximate surface area is 169 Å². The molecule has 1 aromatic rings. The fraction of sp³-hybridized carbons (Fsp3) is 0.565. The standard InChI is InChI=1S/C23H26FNO4/c1-13-8-9-18-16(11-13)21(26)19-20(15-6-2-3-7-17(15)24)25(23(27)22(19)29-18)12-14-5-4-10-28-14/h2-3,6-7,13-14,16,18,20H,4-5,8-12H2,1H3. The third kappa shape index (κ3) is 3.08. The van der Waals surface area contributed by atoms with Crippen LogP contribution < -0.4 is 0 Å². The van der Waals surface area contributed by atoms with Crippen molar-refractivity contribution < 1.29 is 23.5 Å². The van der Waals surface area contributed by atoms with Crippen molar-refractivity contribution in [3.8, 4) is 0 Å². The smallest absolute Gasteiger partial charge is 0.290 e. The van der Waals surface area contributed by atoms with Gasteiger partial charge in [-0.3, -0.25) is 9.59 Å². The summed E-state index contributed by atoms with van der Waals surface area (Å²) < 4.78 is 26.7. The van der Waals surface area contributed by atoms with Crippen molar-refractivity contribution in [2.45, 2.75) is 57.3 Å². The second-order valence-corrected chi connectivity index (χ2v) is 8.80. The van der Waals surface area contributed by atoms with Crippen molar-refractivity contribution >= 4 is 11.7 Å². The maximum atomic E-state index is 14.8. The fourth-order valence-electron chi connectivity index (χ4n) is 5.34. The molecule has 1 aliphatic carbocycles. The number of nitrogens with zero attached hydrogens (tertiary/aromatic N) is 1. The van der Waals surface area contributed by atoms with E-state index in [9.17, 15) is 14.0 Å². The first-order chi connectivity index (χ1) is 14.0. The molecule has 1 aromatic carbocycles. The number of amides is 1. The van der Waals surface area contributed by atoms with Crippen LogP contribution in [0.2, 0.25) is 0 Å². The highest BCUT2D eigenvalue weighted by Crippen LogP contribution is 2.48. The van der Waals surface area contributed by atoms with Crippen LogP contribution in [0.25, 0.3) is 0 Å². The number of benzene rings is 1. The van der Waals surface area contributed by atoms with Gasteiger partial charge in [-0.2, -0.15) is 0 Å². The van der Waals surface area contributed by atoms with Crippen LogP contribution in [0, 0.1) is 17.7 Å². The number of hydrogen-bond donors (Lipinski definition) is 0. The van der Waals surface area contributed by atoms with E-state index in [1.165, 1.54) is 6.07 Å². The lowest BCUT2D eigenvalue weighted by Gasteiger charge is -2.37. The van der Waals surface area contributed by atoms with Crippen LogP contribution in [0.3, 0.4) is 0 Å². The molecule has 5 unspecified atom stereocenters. The van der Waals surface area contributed by atoms with Gasteiger partial charge < -0.3 is 14.4 Å². The highest BCUT2D eigenvalue weighted by atomic mass is 19.1. The number of fused-ring (bicyclic) bond motifs is 1. The second-order valence-electron chi connectivity index (χ2n) is 8.80. The fourth-order valence-corrected chi connectivity index (χ4v) is 5.34. The van der Waals surface area contributed by atoms with E-state index in [1.54, 1.807) is 23.1 Å². The van der Waals surface area contributed by atoms with Crippen LogP contribution >= 0.6 is 0 Å². The summed E-state index contributed by atoms with van der Waals surface area (Å²) in [5.74, 6) is -0.436. The predicted octanol–water partition coefficient (Wildman–Crippen LogP) is 3.55. The second kappa shape index (κ2) is 7.24. The molecule has 6 heteroatoms. The molecule has 1 amide bonds. The van der Waals surface area contributed by atoms with Crippen LogP contribution in [-0.2, 0) is 19.1 Å². The first kappa shape index (κ1) is 18.8. The normalized spacial score (nSPS) is 34.3. The number of ether oxygens (including phenoxy) is 2. The Hall–Kier alpha value is -2.21. The monoisotopic (exact) mass is 399 g/mol. The van der Waals surface area contributed by atoms with Gasteiger partial charge in [0, 0.05) is 18.7 Å². The predicted molar refractivity (Wildman–Crippen MR) is 103 cm³/mol. The third-order valence-electron chi connectivity index (χ3n) is 6.83. The quantitative estimate of drug-likeness (QED) is 0.780. The zero-order valence-corrected chi connectivity index (χ0v) is 16.6. The summed E-state index contributed by atoms with van der Waals surface area (Å²) in [4.78, 5) is 28.5. The van der Waals surface area contributed by atoms with Crippen molar-refractivity contribution in [2.75, 3.05) is 13.2 Å². The van der Waals surface area contributed by atoms with E-state index in [0.717, 1.165) is 32.1 Å². The Morgan fingerprint density at radius 3 is 2.76 bits per heavy atom. The molecule has 5 atom stereocenters. The Balaban J connectivity index is 1.57. The van der Waals surface area contributed by atoms with Crippen LogP contribution in [0.5, 0.6) is 0 Å². The molecule has 154 valence electrons. The summed E-state index contributed by atoms with van der Waals surface area (Å²) in [5, 5.41) is 0. The molecule has 2 fully saturated rings. The molecular weight excluding hydrogens is 373 g/mol. The van der Waals surface area contributed by atoms with E-state index >= 15 is 0 Å².